The van der Waals surface area contributed by atoms with Gasteiger partial charge in [0.1, 0.15) is 15.7 Å². The fourth-order valence-corrected chi connectivity index (χ4v) is 8.36. The summed E-state index contributed by atoms with van der Waals surface area (Å²) in [6.45, 7) is 6.04. The number of thiophene rings is 1. The van der Waals surface area contributed by atoms with Crippen molar-refractivity contribution in [3.05, 3.63) is 16.3 Å². The number of carbonyl (C=O) groups is 1. The van der Waals surface area contributed by atoms with Gasteiger partial charge in [-0.3, -0.25) is 4.79 Å². The molecule has 1 aliphatic carbocycles. The second-order valence-electron chi connectivity index (χ2n) is 8.12. The van der Waals surface area contributed by atoms with Crippen LogP contribution in [-0.4, -0.2) is 58.5 Å². The van der Waals surface area contributed by atoms with Crippen molar-refractivity contribution in [1.82, 2.24) is 14.9 Å². The number of nitrogens with zero attached hydrogens (tertiary/aromatic N) is 3. The summed E-state index contributed by atoms with van der Waals surface area (Å²) in [5.74, 6) is 1.34. The molecule has 9 heteroatoms. The number of amides is 1. The molecular formula is C20H27N3O3S3. The van der Waals surface area contributed by atoms with Gasteiger partial charge in [0.2, 0.25) is 5.91 Å². The quantitative estimate of drug-likeness (QED) is 0.508. The van der Waals surface area contributed by atoms with Crippen LogP contribution in [0.5, 0.6) is 0 Å². The van der Waals surface area contributed by atoms with Gasteiger partial charge in [-0.2, -0.15) is 0 Å². The standard InChI is InChI=1S/C20H27N3O3S3/c1-12-13(2)28-20-18(12)19(21-14(3)22-20)27-10-17(24)23(15-6-4-5-7-15)16-8-9-29(25,26)11-16/h15-16H,4-11H2,1-3H3/t16-/m1/s1. The molecule has 0 N–H and O–H groups in total. The predicted molar refractivity (Wildman–Crippen MR) is 119 cm³/mol. The number of hydrogen-bond acceptors (Lipinski definition) is 7. The van der Waals surface area contributed by atoms with Gasteiger partial charge < -0.3 is 4.90 Å². The molecule has 0 radical (unpaired) electrons. The normalized spacial score (nSPS) is 21.8. The highest BCUT2D eigenvalue weighted by molar-refractivity contribution is 8.00. The summed E-state index contributed by atoms with van der Waals surface area (Å²) in [5, 5.41) is 1.90. The maximum Gasteiger partial charge on any atom is 0.233 e. The van der Waals surface area contributed by atoms with Crippen LogP contribution < -0.4 is 0 Å². The summed E-state index contributed by atoms with van der Waals surface area (Å²) in [6, 6.07) is 0.00663. The fraction of sp³-hybridized carbons (Fsp3) is 0.650. The Bertz CT molecular complexity index is 1040. The van der Waals surface area contributed by atoms with Crippen LogP contribution in [0, 0.1) is 20.8 Å². The largest absolute Gasteiger partial charge is 0.335 e. The number of fused-ring (bicyclic) bond motifs is 1. The van der Waals surface area contributed by atoms with Crippen LogP contribution in [0.4, 0.5) is 0 Å². The van der Waals surface area contributed by atoms with Crippen molar-refractivity contribution < 1.29 is 13.2 Å². The minimum Gasteiger partial charge on any atom is -0.335 e. The zero-order chi connectivity index (χ0) is 20.8. The van der Waals surface area contributed by atoms with Gasteiger partial charge in [0.15, 0.2) is 9.84 Å². The SMILES string of the molecule is Cc1nc(SCC(=O)N(C2CCCC2)[C@@H]2CCS(=O)(=O)C2)c2c(C)c(C)sc2n1. The predicted octanol–water partition coefficient (Wildman–Crippen LogP) is 3.67. The zero-order valence-electron chi connectivity index (χ0n) is 17.1. The van der Waals surface area contributed by atoms with E-state index in [1.54, 1.807) is 11.3 Å². The van der Waals surface area contributed by atoms with Gasteiger partial charge in [0, 0.05) is 22.3 Å². The number of aromatic nitrogens is 2. The molecule has 6 nitrogen and oxygen atoms in total. The lowest BCUT2D eigenvalue weighted by molar-refractivity contribution is -0.132. The van der Waals surface area contributed by atoms with E-state index < -0.39 is 9.84 Å². The van der Waals surface area contributed by atoms with Crippen LogP contribution in [0.3, 0.4) is 0 Å². The molecular weight excluding hydrogens is 426 g/mol. The van der Waals surface area contributed by atoms with Crippen LogP contribution in [-0.2, 0) is 14.6 Å². The van der Waals surface area contributed by atoms with E-state index >= 15 is 0 Å². The van der Waals surface area contributed by atoms with Gasteiger partial charge >= 0.3 is 0 Å². The zero-order valence-corrected chi connectivity index (χ0v) is 19.6. The van der Waals surface area contributed by atoms with Gasteiger partial charge in [-0.1, -0.05) is 24.6 Å². The Morgan fingerprint density at radius 1 is 1.14 bits per heavy atom. The Morgan fingerprint density at radius 3 is 2.52 bits per heavy atom. The minimum atomic E-state index is -3.03. The Labute approximate surface area is 180 Å². The number of hydrogen-bond donors (Lipinski definition) is 0. The first kappa shape index (κ1) is 21.1. The molecule has 0 bridgehead atoms. The van der Waals surface area contributed by atoms with Gasteiger partial charge in [0.05, 0.1) is 17.3 Å². The highest BCUT2D eigenvalue weighted by atomic mass is 32.2. The van der Waals surface area contributed by atoms with Crippen molar-refractivity contribution in [2.45, 2.75) is 70.0 Å². The van der Waals surface area contributed by atoms with Crippen LogP contribution in [0.1, 0.15) is 48.4 Å². The Kier molecular flexibility index (Phi) is 5.92. The highest BCUT2D eigenvalue weighted by Gasteiger charge is 2.39. The average Bonchev–Trinajstić information content (AvgIpc) is 3.35. The molecule has 1 amide bonds. The third-order valence-electron chi connectivity index (χ3n) is 6.05. The summed E-state index contributed by atoms with van der Waals surface area (Å²) in [5.41, 5.74) is 1.18. The lowest BCUT2D eigenvalue weighted by atomic mass is 10.1. The molecule has 1 saturated heterocycles. The third-order valence-corrected chi connectivity index (χ3v) is 9.86. The molecule has 1 saturated carbocycles. The molecule has 2 aliphatic rings. The summed E-state index contributed by atoms with van der Waals surface area (Å²) < 4.78 is 24.1. The summed E-state index contributed by atoms with van der Waals surface area (Å²) >= 11 is 3.12. The summed E-state index contributed by atoms with van der Waals surface area (Å²) in [6.07, 6.45) is 4.74. The number of carbonyl (C=O) groups excluding carboxylic acids is 1. The van der Waals surface area contributed by atoms with Crippen LogP contribution >= 0.6 is 23.1 Å². The van der Waals surface area contributed by atoms with Gasteiger partial charge in [0.25, 0.3) is 0 Å². The second kappa shape index (κ2) is 8.15. The highest BCUT2D eigenvalue weighted by Crippen LogP contribution is 2.36. The number of thioether (sulfide) groups is 1. The molecule has 2 aromatic rings. The summed E-state index contributed by atoms with van der Waals surface area (Å²) in [7, 11) is -3.03. The Hall–Kier alpha value is -1.19. The maximum absolute atomic E-state index is 13.3. The van der Waals surface area contributed by atoms with E-state index in [2.05, 4.69) is 23.8 Å². The Balaban J connectivity index is 1.56. The van der Waals surface area contributed by atoms with E-state index in [1.807, 2.05) is 11.8 Å². The lowest BCUT2D eigenvalue weighted by Gasteiger charge is -2.34. The Morgan fingerprint density at radius 2 is 1.86 bits per heavy atom. The van der Waals surface area contributed by atoms with Crippen molar-refractivity contribution in [3.63, 3.8) is 0 Å². The first-order chi connectivity index (χ1) is 13.7. The number of rotatable bonds is 5. The van der Waals surface area contributed by atoms with E-state index in [0.717, 1.165) is 40.9 Å². The van der Waals surface area contributed by atoms with Crippen LogP contribution in [0.2, 0.25) is 0 Å². The average molecular weight is 454 g/mol. The van der Waals surface area contributed by atoms with E-state index in [9.17, 15) is 13.2 Å². The van der Waals surface area contributed by atoms with E-state index in [0.29, 0.717) is 12.2 Å². The molecule has 0 aromatic carbocycles. The van der Waals surface area contributed by atoms with E-state index in [1.165, 1.54) is 22.2 Å². The smallest absolute Gasteiger partial charge is 0.233 e. The number of aryl methyl sites for hydroxylation is 3. The minimum absolute atomic E-state index is 0.0398. The molecule has 1 aliphatic heterocycles. The van der Waals surface area contributed by atoms with Crippen molar-refractivity contribution in [2.75, 3.05) is 17.3 Å². The van der Waals surface area contributed by atoms with Crippen molar-refractivity contribution in [1.29, 1.82) is 0 Å². The van der Waals surface area contributed by atoms with Crippen LogP contribution in [0.25, 0.3) is 10.2 Å². The lowest BCUT2D eigenvalue weighted by Crippen LogP contribution is -2.47. The third kappa shape index (κ3) is 4.32. The van der Waals surface area contributed by atoms with E-state index in [-0.39, 0.29) is 35.2 Å². The molecule has 29 heavy (non-hydrogen) atoms. The first-order valence-electron chi connectivity index (χ1n) is 10.1. The molecule has 1 atom stereocenters. The monoisotopic (exact) mass is 453 g/mol. The van der Waals surface area contributed by atoms with Crippen molar-refractivity contribution in [3.8, 4) is 0 Å². The second-order valence-corrected chi connectivity index (χ2v) is 12.5. The molecule has 0 spiro atoms. The van der Waals surface area contributed by atoms with Crippen molar-refractivity contribution >= 4 is 49.1 Å². The molecule has 3 heterocycles. The molecule has 158 valence electrons. The molecule has 4 rings (SSSR count). The molecule has 2 aromatic heterocycles. The van der Waals surface area contributed by atoms with Crippen LogP contribution in [0.15, 0.2) is 5.03 Å². The number of sulfone groups is 1. The van der Waals surface area contributed by atoms with E-state index in [4.69, 9.17) is 0 Å². The fourth-order valence-electron chi connectivity index (χ4n) is 4.51. The van der Waals surface area contributed by atoms with Gasteiger partial charge in [-0.25, -0.2) is 18.4 Å². The first-order valence-corrected chi connectivity index (χ1v) is 13.8. The maximum atomic E-state index is 13.3. The van der Waals surface area contributed by atoms with Gasteiger partial charge in [-0.05, 0) is 45.6 Å². The van der Waals surface area contributed by atoms with Gasteiger partial charge in [-0.15, -0.1) is 11.3 Å². The molecule has 0 unspecified atom stereocenters. The molecule has 2 fully saturated rings. The summed E-state index contributed by atoms with van der Waals surface area (Å²) in [4.78, 5) is 26.6. The topological polar surface area (TPSA) is 80.2 Å². The van der Waals surface area contributed by atoms with Crippen molar-refractivity contribution in [2.24, 2.45) is 0 Å².